The number of hydrogen-bond donors (Lipinski definition) is 0. The predicted molar refractivity (Wildman–Crippen MR) is 77.9 cm³/mol. The zero-order valence-electron chi connectivity index (χ0n) is 13.0. The van der Waals surface area contributed by atoms with Gasteiger partial charge in [0.2, 0.25) is 0 Å². The molecule has 2 atom stereocenters. The lowest BCUT2D eigenvalue weighted by atomic mass is 9.60. The summed E-state index contributed by atoms with van der Waals surface area (Å²) in [4.78, 5) is 12.3. The Kier molecular flexibility index (Phi) is 4.58. The Hall–Kier alpha value is -0.530. The number of ether oxygens (including phenoxy) is 1. The van der Waals surface area contributed by atoms with Crippen LogP contribution in [-0.4, -0.2) is 11.6 Å². The molecule has 0 amide bonds. The third-order valence-corrected chi connectivity index (χ3v) is 5.89. The minimum Gasteiger partial charge on any atom is -0.458 e. The summed E-state index contributed by atoms with van der Waals surface area (Å²) >= 11 is 0. The Morgan fingerprint density at radius 2 is 1.58 bits per heavy atom. The van der Waals surface area contributed by atoms with Crippen molar-refractivity contribution >= 4 is 5.97 Å². The minimum absolute atomic E-state index is 0.0394. The highest BCUT2D eigenvalue weighted by atomic mass is 16.6. The van der Waals surface area contributed by atoms with Crippen molar-refractivity contribution in [2.45, 2.75) is 90.6 Å². The third kappa shape index (κ3) is 2.55. The van der Waals surface area contributed by atoms with E-state index in [1.807, 2.05) is 6.92 Å². The molecule has 110 valence electrons. The number of esters is 1. The highest BCUT2D eigenvalue weighted by molar-refractivity contribution is 5.72. The predicted octanol–water partition coefficient (Wildman–Crippen LogP) is 4.86. The SMILES string of the molecule is CCC(C)C(=O)OC1(CC)CCCCC12CCCC2. The normalized spacial score (nSPS) is 31.3. The molecule has 0 aromatic carbocycles. The number of carbonyl (C=O) groups is 1. The van der Waals surface area contributed by atoms with Crippen LogP contribution in [0.15, 0.2) is 0 Å². The van der Waals surface area contributed by atoms with Gasteiger partial charge >= 0.3 is 5.97 Å². The fraction of sp³-hybridized carbons (Fsp3) is 0.941. The second kappa shape index (κ2) is 5.85. The van der Waals surface area contributed by atoms with Gasteiger partial charge in [-0.15, -0.1) is 0 Å². The molecule has 0 radical (unpaired) electrons. The molecule has 0 aromatic rings. The van der Waals surface area contributed by atoms with Crippen LogP contribution in [0.2, 0.25) is 0 Å². The van der Waals surface area contributed by atoms with Crippen LogP contribution in [0.5, 0.6) is 0 Å². The zero-order chi connectivity index (χ0) is 13.9. The maximum Gasteiger partial charge on any atom is 0.309 e. The van der Waals surface area contributed by atoms with Crippen molar-refractivity contribution in [3.05, 3.63) is 0 Å². The first-order chi connectivity index (χ1) is 9.09. The van der Waals surface area contributed by atoms with Gasteiger partial charge in [-0.25, -0.2) is 0 Å². The van der Waals surface area contributed by atoms with Crippen LogP contribution >= 0.6 is 0 Å². The molecule has 0 bridgehead atoms. The first-order valence-corrected chi connectivity index (χ1v) is 8.32. The summed E-state index contributed by atoms with van der Waals surface area (Å²) in [5.74, 6) is 0.0846. The van der Waals surface area contributed by atoms with Crippen molar-refractivity contribution in [2.75, 3.05) is 0 Å². The van der Waals surface area contributed by atoms with Gasteiger partial charge in [0.05, 0.1) is 5.92 Å². The molecule has 19 heavy (non-hydrogen) atoms. The van der Waals surface area contributed by atoms with Gasteiger partial charge in [0.1, 0.15) is 5.60 Å². The topological polar surface area (TPSA) is 26.3 Å². The van der Waals surface area contributed by atoms with Gasteiger partial charge in [0.25, 0.3) is 0 Å². The van der Waals surface area contributed by atoms with E-state index in [1.165, 1.54) is 44.9 Å². The third-order valence-electron chi connectivity index (χ3n) is 5.89. The van der Waals surface area contributed by atoms with E-state index in [4.69, 9.17) is 4.74 Å². The lowest BCUT2D eigenvalue weighted by Crippen LogP contribution is -2.52. The van der Waals surface area contributed by atoms with Crippen LogP contribution in [0.1, 0.15) is 85.0 Å². The summed E-state index contributed by atoms with van der Waals surface area (Å²) in [6.45, 7) is 6.28. The highest BCUT2D eigenvalue weighted by Gasteiger charge is 2.55. The molecule has 0 heterocycles. The van der Waals surface area contributed by atoms with Crippen molar-refractivity contribution < 1.29 is 9.53 Å². The summed E-state index contributed by atoms with van der Waals surface area (Å²) in [6.07, 6.45) is 12.0. The zero-order valence-corrected chi connectivity index (χ0v) is 13.0. The fourth-order valence-electron chi connectivity index (χ4n) is 4.37. The molecule has 1 spiro atoms. The largest absolute Gasteiger partial charge is 0.458 e. The van der Waals surface area contributed by atoms with Gasteiger partial charge < -0.3 is 4.74 Å². The Bertz CT molecular complexity index is 317. The van der Waals surface area contributed by atoms with E-state index in [1.54, 1.807) is 0 Å². The standard InChI is InChI=1S/C17H30O2/c1-4-14(3)15(18)19-17(5-2)13-9-8-12-16(17)10-6-7-11-16/h14H,4-13H2,1-3H3. The average molecular weight is 266 g/mol. The molecular formula is C17H30O2. The first kappa shape index (κ1) is 14.9. The van der Waals surface area contributed by atoms with Gasteiger partial charge in [-0.3, -0.25) is 4.79 Å². The van der Waals surface area contributed by atoms with E-state index in [0.29, 0.717) is 5.41 Å². The molecule has 0 aromatic heterocycles. The van der Waals surface area contributed by atoms with Crippen LogP contribution in [0.3, 0.4) is 0 Å². The Balaban J connectivity index is 2.20. The van der Waals surface area contributed by atoms with Crippen LogP contribution < -0.4 is 0 Å². The van der Waals surface area contributed by atoms with E-state index in [2.05, 4.69) is 13.8 Å². The molecule has 2 rings (SSSR count). The van der Waals surface area contributed by atoms with E-state index >= 15 is 0 Å². The molecule has 2 fully saturated rings. The molecule has 0 saturated heterocycles. The van der Waals surface area contributed by atoms with Gasteiger partial charge in [0.15, 0.2) is 0 Å². The average Bonchev–Trinajstić information content (AvgIpc) is 2.90. The highest BCUT2D eigenvalue weighted by Crippen LogP contribution is 2.57. The Labute approximate surface area is 118 Å². The molecule has 0 N–H and O–H groups in total. The molecule has 2 heteroatoms. The second-order valence-electron chi connectivity index (χ2n) is 6.77. The summed E-state index contributed by atoms with van der Waals surface area (Å²) in [7, 11) is 0. The molecule has 2 aliphatic rings. The summed E-state index contributed by atoms with van der Waals surface area (Å²) < 4.78 is 6.18. The fourth-order valence-corrected chi connectivity index (χ4v) is 4.37. The summed E-state index contributed by atoms with van der Waals surface area (Å²) in [5, 5.41) is 0. The van der Waals surface area contributed by atoms with Crippen LogP contribution in [0.4, 0.5) is 0 Å². The molecule has 2 unspecified atom stereocenters. The smallest absolute Gasteiger partial charge is 0.309 e. The van der Waals surface area contributed by atoms with E-state index < -0.39 is 0 Å². The second-order valence-corrected chi connectivity index (χ2v) is 6.77. The van der Waals surface area contributed by atoms with Crippen molar-refractivity contribution in [1.29, 1.82) is 0 Å². The van der Waals surface area contributed by atoms with E-state index in [-0.39, 0.29) is 17.5 Å². The lowest BCUT2D eigenvalue weighted by Gasteiger charge is -2.51. The van der Waals surface area contributed by atoms with Crippen molar-refractivity contribution in [2.24, 2.45) is 11.3 Å². The van der Waals surface area contributed by atoms with Gasteiger partial charge in [-0.05, 0) is 44.9 Å². The molecule has 0 aliphatic heterocycles. The number of carbonyl (C=O) groups excluding carboxylic acids is 1. The molecule has 2 saturated carbocycles. The maximum atomic E-state index is 12.3. The van der Waals surface area contributed by atoms with E-state index in [9.17, 15) is 4.79 Å². The van der Waals surface area contributed by atoms with Crippen molar-refractivity contribution in [3.63, 3.8) is 0 Å². The number of hydrogen-bond acceptors (Lipinski definition) is 2. The van der Waals surface area contributed by atoms with Gasteiger partial charge in [0, 0.05) is 5.41 Å². The van der Waals surface area contributed by atoms with Gasteiger partial charge in [-0.1, -0.05) is 40.0 Å². The lowest BCUT2D eigenvalue weighted by molar-refractivity contribution is -0.191. The maximum absolute atomic E-state index is 12.3. The van der Waals surface area contributed by atoms with Crippen LogP contribution in [-0.2, 0) is 9.53 Å². The van der Waals surface area contributed by atoms with Crippen LogP contribution in [0, 0.1) is 11.3 Å². The van der Waals surface area contributed by atoms with Crippen LogP contribution in [0.25, 0.3) is 0 Å². The van der Waals surface area contributed by atoms with E-state index in [0.717, 1.165) is 19.3 Å². The minimum atomic E-state index is -0.151. The van der Waals surface area contributed by atoms with Crippen molar-refractivity contribution in [1.82, 2.24) is 0 Å². The summed E-state index contributed by atoms with van der Waals surface area (Å²) in [5.41, 5.74) is 0.158. The quantitative estimate of drug-likeness (QED) is 0.679. The summed E-state index contributed by atoms with van der Waals surface area (Å²) in [6, 6.07) is 0. The van der Waals surface area contributed by atoms with Crippen molar-refractivity contribution in [3.8, 4) is 0 Å². The molecular weight excluding hydrogens is 236 g/mol. The Morgan fingerprint density at radius 1 is 1.05 bits per heavy atom. The number of rotatable bonds is 4. The molecule has 2 aliphatic carbocycles. The molecule has 2 nitrogen and oxygen atoms in total. The van der Waals surface area contributed by atoms with Gasteiger partial charge in [-0.2, -0.15) is 0 Å². The monoisotopic (exact) mass is 266 g/mol. The Morgan fingerprint density at radius 3 is 2.05 bits per heavy atom. The first-order valence-electron chi connectivity index (χ1n) is 8.32.